The minimum atomic E-state index is -0.549. The van der Waals surface area contributed by atoms with Crippen LogP contribution in [0, 0.1) is 10.1 Å². The molecule has 0 spiro atoms. The number of hydrogen-bond acceptors (Lipinski definition) is 6. The summed E-state index contributed by atoms with van der Waals surface area (Å²) in [5.41, 5.74) is 0.496. The van der Waals surface area contributed by atoms with Crippen molar-refractivity contribution in [3.63, 3.8) is 0 Å². The monoisotopic (exact) mass is 369 g/mol. The van der Waals surface area contributed by atoms with Gasteiger partial charge in [-0.25, -0.2) is 4.98 Å². The third kappa shape index (κ3) is 2.52. The first-order valence-electron chi connectivity index (χ1n) is 5.53. The predicted octanol–water partition coefficient (Wildman–Crippen LogP) is 3.47. The van der Waals surface area contributed by atoms with E-state index in [0.29, 0.717) is 15.6 Å². The molecule has 2 heterocycles. The van der Waals surface area contributed by atoms with Crippen LogP contribution in [0.4, 0.5) is 5.69 Å². The van der Waals surface area contributed by atoms with E-state index in [9.17, 15) is 10.1 Å². The number of benzene rings is 1. The Balaban J connectivity index is 2.15. The Morgan fingerprint density at radius 3 is 2.95 bits per heavy atom. The standard InChI is InChI=1S/C11H5BrClN5O3/c12-5-2-1-3-6(18(19)20)8(5)21-10-7-9(15-4-14-7)16-11(13)17-10/h1-4H,(H,14,15,16,17). The molecule has 0 atom stereocenters. The van der Waals surface area contributed by atoms with Gasteiger partial charge in [0.15, 0.2) is 5.65 Å². The zero-order chi connectivity index (χ0) is 15.0. The number of imidazole rings is 1. The fraction of sp³-hybridized carbons (Fsp3) is 0. The third-order valence-electron chi connectivity index (χ3n) is 2.57. The molecule has 0 aliphatic rings. The second-order valence-electron chi connectivity index (χ2n) is 3.85. The lowest BCUT2D eigenvalue weighted by atomic mass is 10.3. The molecule has 0 saturated heterocycles. The minimum Gasteiger partial charge on any atom is -0.428 e. The number of nitrogens with zero attached hydrogens (tertiary/aromatic N) is 4. The fourth-order valence-corrected chi connectivity index (χ4v) is 2.29. The fourth-order valence-electron chi connectivity index (χ4n) is 1.69. The van der Waals surface area contributed by atoms with Gasteiger partial charge in [-0.1, -0.05) is 6.07 Å². The van der Waals surface area contributed by atoms with Gasteiger partial charge in [0.25, 0.3) is 0 Å². The molecule has 21 heavy (non-hydrogen) atoms. The van der Waals surface area contributed by atoms with E-state index >= 15 is 0 Å². The van der Waals surface area contributed by atoms with Crippen LogP contribution in [0.5, 0.6) is 11.6 Å². The van der Waals surface area contributed by atoms with Crippen molar-refractivity contribution in [1.29, 1.82) is 0 Å². The highest BCUT2D eigenvalue weighted by atomic mass is 79.9. The topological polar surface area (TPSA) is 107 Å². The summed E-state index contributed by atoms with van der Waals surface area (Å²) in [6.45, 7) is 0. The highest BCUT2D eigenvalue weighted by Crippen LogP contribution is 2.38. The number of ether oxygens (including phenoxy) is 1. The summed E-state index contributed by atoms with van der Waals surface area (Å²) >= 11 is 9.00. The summed E-state index contributed by atoms with van der Waals surface area (Å²) in [5.74, 6) is 0.0747. The number of H-pyrrole nitrogens is 1. The molecule has 0 radical (unpaired) electrons. The summed E-state index contributed by atoms with van der Waals surface area (Å²) in [4.78, 5) is 25.1. The lowest BCUT2D eigenvalue weighted by Crippen LogP contribution is -1.97. The Hall–Kier alpha value is -2.26. The van der Waals surface area contributed by atoms with Gasteiger partial charge < -0.3 is 9.72 Å². The Labute approximate surface area is 130 Å². The average molecular weight is 371 g/mol. The van der Waals surface area contributed by atoms with Crippen LogP contribution in [0.25, 0.3) is 11.2 Å². The third-order valence-corrected chi connectivity index (χ3v) is 3.36. The highest BCUT2D eigenvalue weighted by Gasteiger charge is 2.21. The molecule has 1 aromatic carbocycles. The summed E-state index contributed by atoms with van der Waals surface area (Å²) < 4.78 is 5.97. The van der Waals surface area contributed by atoms with Crippen LogP contribution in [0.15, 0.2) is 29.0 Å². The maximum absolute atomic E-state index is 11.1. The van der Waals surface area contributed by atoms with Gasteiger partial charge in [0, 0.05) is 6.07 Å². The van der Waals surface area contributed by atoms with E-state index in [1.807, 2.05) is 0 Å². The van der Waals surface area contributed by atoms with Crippen LogP contribution in [0.1, 0.15) is 0 Å². The number of nitrogens with one attached hydrogen (secondary N) is 1. The zero-order valence-corrected chi connectivity index (χ0v) is 12.4. The van der Waals surface area contributed by atoms with Gasteiger partial charge in [-0.2, -0.15) is 9.97 Å². The Morgan fingerprint density at radius 2 is 2.19 bits per heavy atom. The number of fused-ring (bicyclic) bond motifs is 1. The molecule has 0 amide bonds. The van der Waals surface area contributed by atoms with E-state index in [1.165, 1.54) is 18.5 Å². The maximum atomic E-state index is 11.1. The Bertz CT molecular complexity index is 853. The molecule has 10 heteroatoms. The lowest BCUT2D eigenvalue weighted by Gasteiger charge is -2.07. The zero-order valence-electron chi connectivity index (χ0n) is 10.1. The molecule has 1 N–H and O–H groups in total. The number of halogens is 2. The van der Waals surface area contributed by atoms with Crippen molar-refractivity contribution in [2.45, 2.75) is 0 Å². The molecule has 3 rings (SSSR count). The first-order valence-corrected chi connectivity index (χ1v) is 6.70. The van der Waals surface area contributed by atoms with Crippen molar-refractivity contribution in [3.05, 3.63) is 44.4 Å². The molecular weight excluding hydrogens is 366 g/mol. The largest absolute Gasteiger partial charge is 0.428 e. The molecule has 0 bridgehead atoms. The van der Waals surface area contributed by atoms with E-state index in [0.717, 1.165) is 0 Å². The second-order valence-corrected chi connectivity index (χ2v) is 5.04. The van der Waals surface area contributed by atoms with E-state index in [-0.39, 0.29) is 22.6 Å². The average Bonchev–Trinajstić information content (AvgIpc) is 2.88. The predicted molar refractivity (Wildman–Crippen MR) is 77.6 cm³/mol. The van der Waals surface area contributed by atoms with Gasteiger partial charge in [-0.05, 0) is 33.6 Å². The van der Waals surface area contributed by atoms with Crippen molar-refractivity contribution in [1.82, 2.24) is 19.9 Å². The maximum Gasteiger partial charge on any atom is 0.312 e. The lowest BCUT2D eigenvalue weighted by molar-refractivity contribution is -0.385. The van der Waals surface area contributed by atoms with Crippen molar-refractivity contribution < 1.29 is 9.66 Å². The molecule has 0 aliphatic carbocycles. The van der Waals surface area contributed by atoms with Gasteiger partial charge in [0.1, 0.15) is 5.52 Å². The van der Waals surface area contributed by atoms with E-state index < -0.39 is 4.92 Å². The molecule has 0 fully saturated rings. The number of nitro benzene ring substituents is 1. The van der Waals surface area contributed by atoms with Gasteiger partial charge in [0.05, 0.1) is 15.7 Å². The first-order chi connectivity index (χ1) is 10.1. The normalized spacial score (nSPS) is 10.8. The summed E-state index contributed by atoms with van der Waals surface area (Å²) in [7, 11) is 0. The molecule has 0 aliphatic heterocycles. The van der Waals surface area contributed by atoms with Crippen LogP contribution >= 0.6 is 27.5 Å². The number of aromatic nitrogens is 4. The van der Waals surface area contributed by atoms with Crippen LogP contribution in [-0.4, -0.2) is 24.9 Å². The Kier molecular flexibility index (Phi) is 3.43. The number of rotatable bonds is 3. The summed E-state index contributed by atoms with van der Waals surface area (Å²) in [5, 5.41) is 11.0. The van der Waals surface area contributed by atoms with Crippen molar-refractivity contribution in [3.8, 4) is 11.6 Å². The van der Waals surface area contributed by atoms with E-state index in [4.69, 9.17) is 16.3 Å². The molecule has 0 saturated carbocycles. The van der Waals surface area contributed by atoms with Crippen LogP contribution in [0.3, 0.4) is 0 Å². The molecular formula is C11H5BrClN5O3. The molecule has 2 aromatic heterocycles. The smallest absolute Gasteiger partial charge is 0.312 e. The van der Waals surface area contributed by atoms with Crippen LogP contribution in [-0.2, 0) is 0 Å². The molecule has 3 aromatic rings. The molecule has 0 unspecified atom stereocenters. The second kappa shape index (κ2) is 5.26. The molecule has 8 nitrogen and oxygen atoms in total. The Morgan fingerprint density at radius 1 is 1.38 bits per heavy atom. The van der Waals surface area contributed by atoms with Crippen LogP contribution in [0.2, 0.25) is 5.28 Å². The van der Waals surface area contributed by atoms with Crippen molar-refractivity contribution in [2.75, 3.05) is 0 Å². The summed E-state index contributed by atoms with van der Waals surface area (Å²) in [6.07, 6.45) is 1.40. The van der Waals surface area contributed by atoms with Gasteiger partial charge in [-0.15, -0.1) is 0 Å². The van der Waals surface area contributed by atoms with Gasteiger partial charge in [0.2, 0.25) is 16.9 Å². The van der Waals surface area contributed by atoms with E-state index in [2.05, 4.69) is 35.9 Å². The minimum absolute atomic E-state index is 0.0215. The van der Waals surface area contributed by atoms with Crippen molar-refractivity contribution in [2.24, 2.45) is 0 Å². The molecule has 106 valence electrons. The van der Waals surface area contributed by atoms with E-state index in [1.54, 1.807) is 6.07 Å². The number of nitro groups is 1. The number of para-hydroxylation sites is 1. The summed E-state index contributed by atoms with van der Waals surface area (Å²) in [6, 6.07) is 4.48. The SMILES string of the molecule is O=[N+]([O-])c1cccc(Br)c1Oc1nc(Cl)nc2nc[nH]c12. The van der Waals surface area contributed by atoms with Crippen molar-refractivity contribution >= 4 is 44.4 Å². The quantitative estimate of drug-likeness (QED) is 0.430. The van der Waals surface area contributed by atoms with Gasteiger partial charge in [-0.3, -0.25) is 10.1 Å². The van der Waals surface area contributed by atoms with Gasteiger partial charge >= 0.3 is 5.69 Å². The first kappa shape index (κ1) is 13.7. The number of aromatic amines is 1. The van der Waals surface area contributed by atoms with Crippen LogP contribution < -0.4 is 4.74 Å². The highest BCUT2D eigenvalue weighted by molar-refractivity contribution is 9.10. The number of hydrogen-bond donors (Lipinski definition) is 1.